The van der Waals surface area contributed by atoms with Gasteiger partial charge in [0.25, 0.3) is 0 Å². The number of halogens is 2. The molecule has 5 aliphatic rings. The van der Waals surface area contributed by atoms with E-state index in [4.69, 9.17) is 62.8 Å². The second-order valence-electron chi connectivity index (χ2n) is 23.8. The van der Waals surface area contributed by atoms with Gasteiger partial charge in [0.05, 0.1) is 76.8 Å². The van der Waals surface area contributed by atoms with Crippen molar-refractivity contribution >= 4 is 52.9 Å². The molecule has 0 aromatic heterocycles. The zero-order chi connectivity index (χ0) is 58.1. The Bertz CT molecular complexity index is 2340. The number of carbonyl (C=O) groups excluding carboxylic acids is 4. The highest BCUT2D eigenvalue weighted by Gasteiger charge is 2.56. The molecule has 4 saturated heterocycles. The molecule has 0 radical (unpaired) electrons. The first-order valence-corrected chi connectivity index (χ1v) is 29.9. The predicted octanol–water partition coefficient (Wildman–Crippen LogP) is 9.88. The summed E-state index contributed by atoms with van der Waals surface area (Å²) < 4.78 is 45.3. The lowest BCUT2D eigenvalue weighted by atomic mass is 9.72. The number of hydrogen-bond acceptors (Lipinski definition) is 14. The summed E-state index contributed by atoms with van der Waals surface area (Å²) in [5, 5.41) is 24.4. The largest absolute Gasteiger partial charge is 0.469 e. The van der Waals surface area contributed by atoms with Gasteiger partial charge < -0.3 is 48.3 Å². The molecule has 1 spiro atoms. The third-order valence-electron chi connectivity index (χ3n) is 18.4. The van der Waals surface area contributed by atoms with E-state index in [1.54, 1.807) is 31.2 Å². The highest BCUT2D eigenvalue weighted by atomic mass is 35.5. The van der Waals surface area contributed by atoms with E-state index in [0.29, 0.717) is 101 Å². The van der Waals surface area contributed by atoms with E-state index >= 15 is 0 Å². The van der Waals surface area contributed by atoms with Crippen LogP contribution in [0.25, 0.3) is 6.08 Å². The van der Waals surface area contributed by atoms with Gasteiger partial charge in [-0.2, -0.15) is 0 Å². The first-order valence-electron chi connectivity index (χ1n) is 29.2. The lowest BCUT2D eigenvalue weighted by molar-refractivity contribution is -0.381. The van der Waals surface area contributed by atoms with Crippen LogP contribution in [0.2, 0.25) is 10.0 Å². The van der Waals surface area contributed by atoms with Crippen LogP contribution in [0.15, 0.2) is 36.4 Å². The average Bonchev–Trinajstić information content (AvgIpc) is 3.58. The van der Waals surface area contributed by atoms with Gasteiger partial charge >= 0.3 is 11.9 Å². The molecule has 15 nitrogen and oxygen atoms in total. The summed E-state index contributed by atoms with van der Waals surface area (Å²) in [6, 6.07) is 5.28. The third kappa shape index (κ3) is 15.2. The molecule has 2 unspecified atom stereocenters. The molecule has 17 heteroatoms. The summed E-state index contributed by atoms with van der Waals surface area (Å²) in [5.74, 6) is -2.52. The lowest BCUT2D eigenvalue weighted by Crippen LogP contribution is -2.61. The Morgan fingerprint density at radius 2 is 1.65 bits per heavy atom. The molecule has 1 aromatic rings. The number of methoxy groups -OCH3 is 1. The molecule has 442 valence electrons. The van der Waals surface area contributed by atoms with Crippen molar-refractivity contribution in [3.05, 3.63) is 52.0 Å². The molecule has 1 amide bonds. The number of amides is 1. The van der Waals surface area contributed by atoms with E-state index < -0.39 is 89.5 Å². The number of hydrogen-bond donors (Lipinski definition) is 2. The van der Waals surface area contributed by atoms with Crippen molar-refractivity contribution in [3.63, 3.8) is 0 Å². The van der Waals surface area contributed by atoms with Gasteiger partial charge in [-0.05, 0) is 113 Å². The third-order valence-corrected chi connectivity index (χ3v) is 19.2. The molecular formula is C62H92Cl2N2O13. The highest BCUT2D eigenvalue weighted by Crippen LogP contribution is 2.48. The van der Waals surface area contributed by atoms with E-state index in [0.717, 1.165) is 12.0 Å². The maximum atomic E-state index is 14.9. The average molecular weight is 1140 g/mol. The molecule has 5 heterocycles. The van der Waals surface area contributed by atoms with Gasteiger partial charge in [0.2, 0.25) is 12.2 Å². The van der Waals surface area contributed by atoms with Crippen LogP contribution in [-0.2, 0) is 52.3 Å². The molecule has 0 saturated carbocycles. The van der Waals surface area contributed by atoms with Crippen molar-refractivity contribution in [1.29, 1.82) is 0 Å². The second kappa shape index (κ2) is 28.3. The van der Waals surface area contributed by atoms with Gasteiger partial charge in [-0.15, -0.1) is 12.3 Å². The van der Waals surface area contributed by atoms with Crippen molar-refractivity contribution in [3.8, 4) is 12.3 Å². The molecule has 6 rings (SSSR count). The van der Waals surface area contributed by atoms with E-state index in [1.807, 2.05) is 71.6 Å². The molecular weight excluding hydrogens is 1050 g/mol. The summed E-state index contributed by atoms with van der Waals surface area (Å²) in [6.07, 6.45) is 13.1. The molecule has 0 aliphatic carbocycles. The predicted molar refractivity (Wildman–Crippen MR) is 304 cm³/mol. The number of aliphatic hydroxyl groups is 2. The number of nitrogens with zero attached hydrogens (tertiary/aromatic N) is 2. The van der Waals surface area contributed by atoms with E-state index in [2.05, 4.69) is 24.7 Å². The maximum absolute atomic E-state index is 14.9. The van der Waals surface area contributed by atoms with Crippen molar-refractivity contribution < 1.29 is 62.5 Å². The number of carbonyl (C=O) groups is 4. The Morgan fingerprint density at radius 3 is 2.25 bits per heavy atom. The minimum absolute atomic E-state index is 0.0358. The Balaban J connectivity index is 1.11. The van der Waals surface area contributed by atoms with E-state index in [1.165, 1.54) is 14.0 Å². The summed E-state index contributed by atoms with van der Waals surface area (Å²) in [4.78, 5) is 58.8. The quantitative estimate of drug-likeness (QED) is 0.0636. The minimum atomic E-state index is -1.36. The van der Waals surface area contributed by atoms with Gasteiger partial charge in [0, 0.05) is 69.7 Å². The van der Waals surface area contributed by atoms with Crippen molar-refractivity contribution in [1.82, 2.24) is 9.80 Å². The molecule has 5 aliphatic heterocycles. The molecule has 1 aromatic carbocycles. The number of benzene rings is 1. The standard InChI is InChI=1S/C62H92Cl2N2O13/c1-14-18-27-60(12,52-26-28-61(72,17-4)42(10)74-52)78-59-51(75-43(11)67)25-29-62(79-59)39(7)34-38(6)56(77-62)47(16-3)54(69)40(8)53(68)41(9)55-37(5)19-24-50(76-55)46(15-2)57(70)66-32-30-65(31-33-66)36-45(58(71)73-13)22-20-44-21-23-48(63)49(64)35-44/h1,20-23,25,29,35,37-42,45-47,50-53,55-56,59,68,72H,15-19,24,26-28,30-34,36H2,2-13H3/b22-20-/t37-,38-,39+,40-,41-,42-,45?,46?,47-,50+,51+,52+,53+,55+,56-,59-,60-,61+,62-/m0/s1. The second-order valence-corrected chi connectivity index (χ2v) is 24.6. The summed E-state index contributed by atoms with van der Waals surface area (Å²) in [6.45, 7) is 23.6. The van der Waals surface area contributed by atoms with Gasteiger partial charge in [-0.1, -0.05) is 96.8 Å². The zero-order valence-corrected chi connectivity index (χ0v) is 50.5. The molecule has 0 bridgehead atoms. The van der Waals surface area contributed by atoms with Crippen LogP contribution in [0, 0.1) is 59.7 Å². The number of rotatable bonds is 22. The number of piperazine rings is 1. The Hall–Kier alpha value is -3.40. The van der Waals surface area contributed by atoms with Crippen LogP contribution in [0.1, 0.15) is 146 Å². The monoisotopic (exact) mass is 1140 g/mol. The summed E-state index contributed by atoms with van der Waals surface area (Å²) >= 11 is 12.3. The van der Waals surface area contributed by atoms with Crippen molar-refractivity contribution in [2.45, 2.75) is 206 Å². The summed E-state index contributed by atoms with van der Waals surface area (Å²) in [5.41, 5.74) is -1.18. The van der Waals surface area contributed by atoms with Crippen LogP contribution in [0.4, 0.5) is 0 Å². The Kier molecular flexibility index (Phi) is 23.2. The number of aliphatic hydroxyl groups excluding tert-OH is 1. The van der Waals surface area contributed by atoms with Crippen molar-refractivity contribution in [2.24, 2.45) is 47.3 Å². The Morgan fingerprint density at radius 1 is 0.949 bits per heavy atom. The van der Waals surface area contributed by atoms with E-state index in [-0.39, 0.29) is 47.4 Å². The summed E-state index contributed by atoms with van der Waals surface area (Å²) in [7, 11) is 1.38. The van der Waals surface area contributed by atoms with Crippen LogP contribution < -0.4 is 0 Å². The van der Waals surface area contributed by atoms with Gasteiger partial charge in [0.15, 0.2) is 11.9 Å². The zero-order valence-electron chi connectivity index (χ0n) is 49.0. The van der Waals surface area contributed by atoms with E-state index in [9.17, 15) is 29.4 Å². The van der Waals surface area contributed by atoms with Gasteiger partial charge in [-0.25, -0.2) is 0 Å². The minimum Gasteiger partial charge on any atom is -0.469 e. The molecule has 19 atom stereocenters. The number of Topliss-reactive ketones (excluding diaryl/α,β-unsaturated/α-hetero) is 1. The lowest BCUT2D eigenvalue weighted by Gasteiger charge is -2.53. The van der Waals surface area contributed by atoms with Crippen LogP contribution in [0.5, 0.6) is 0 Å². The fourth-order valence-corrected chi connectivity index (χ4v) is 13.4. The van der Waals surface area contributed by atoms with Crippen LogP contribution in [0.3, 0.4) is 0 Å². The molecule has 2 N–H and O–H groups in total. The highest BCUT2D eigenvalue weighted by molar-refractivity contribution is 6.42. The van der Waals surface area contributed by atoms with Crippen LogP contribution in [-0.4, -0.2) is 149 Å². The normalized spacial score (nSPS) is 33.7. The SMILES string of the molecule is C#CCC[C@](C)(O[C@H]1O[C@]2(C=C[C@H]1OC(C)=O)O[C@H]([C@@H](CC)C(=O)[C@@H](C)[C@@H](O)[C@H](C)[C@@H]1O[C@@H](C(CC)C(=O)N3CCN(CC(/C=C\c4ccc(Cl)c(Cl)c4)C(=O)OC)CC3)CC[C@@H]1C)[C@@H](C)C[C@H]2C)[C@H]1CC[C@](O)(CC)[C@H](C)O1. The smallest absolute Gasteiger partial charge is 0.313 e. The fourth-order valence-electron chi connectivity index (χ4n) is 13.1. The number of esters is 2. The fraction of sp³-hybridized carbons (Fsp3) is 0.742. The van der Waals surface area contributed by atoms with Crippen molar-refractivity contribution in [2.75, 3.05) is 39.8 Å². The first-order chi connectivity index (χ1) is 37.4. The topological polar surface area (TPSA) is 180 Å². The van der Waals surface area contributed by atoms with Gasteiger partial charge in [-0.3, -0.25) is 24.1 Å². The molecule has 4 fully saturated rings. The number of terminal acetylenes is 1. The maximum Gasteiger partial charge on any atom is 0.313 e. The Labute approximate surface area is 481 Å². The molecule has 79 heavy (non-hydrogen) atoms. The van der Waals surface area contributed by atoms with Crippen LogP contribution >= 0.6 is 23.2 Å². The number of ketones is 1. The van der Waals surface area contributed by atoms with Gasteiger partial charge in [0.1, 0.15) is 5.78 Å². The first kappa shape index (κ1) is 64.8. The number of ether oxygens (including phenoxy) is 7.